The SMILES string of the molecule is CC1CCN(c2c(S(=O)(=O)Cc3cccc(Cl)c3)cnc3cc(Cl)ccc23)CC1. The third-order valence-corrected chi connectivity index (χ3v) is 7.60. The van der Waals surface area contributed by atoms with Gasteiger partial charge in [0, 0.05) is 34.7 Å². The van der Waals surface area contributed by atoms with Gasteiger partial charge in [-0.05, 0) is 54.7 Å². The molecule has 2 heterocycles. The number of rotatable bonds is 4. The summed E-state index contributed by atoms with van der Waals surface area (Å²) < 4.78 is 26.8. The van der Waals surface area contributed by atoms with Gasteiger partial charge >= 0.3 is 0 Å². The van der Waals surface area contributed by atoms with E-state index < -0.39 is 9.84 Å². The zero-order valence-corrected chi connectivity index (χ0v) is 18.4. The normalized spacial score (nSPS) is 15.8. The van der Waals surface area contributed by atoms with Gasteiger partial charge in [0.05, 0.1) is 17.0 Å². The Morgan fingerprint density at radius 3 is 2.52 bits per heavy atom. The second-order valence-electron chi connectivity index (χ2n) is 7.69. The Morgan fingerprint density at radius 2 is 1.79 bits per heavy atom. The number of fused-ring (bicyclic) bond motifs is 1. The van der Waals surface area contributed by atoms with Crippen LogP contribution in [0.1, 0.15) is 25.3 Å². The molecule has 2 aromatic carbocycles. The van der Waals surface area contributed by atoms with Crippen molar-refractivity contribution in [3.05, 3.63) is 64.3 Å². The fourth-order valence-electron chi connectivity index (χ4n) is 3.84. The lowest BCUT2D eigenvalue weighted by molar-refractivity contribution is 0.437. The summed E-state index contributed by atoms with van der Waals surface area (Å²) in [5.74, 6) is 0.520. The molecule has 1 fully saturated rings. The van der Waals surface area contributed by atoms with Crippen LogP contribution in [0.3, 0.4) is 0 Å². The van der Waals surface area contributed by atoms with E-state index in [4.69, 9.17) is 23.2 Å². The smallest absolute Gasteiger partial charge is 0.186 e. The monoisotopic (exact) mass is 448 g/mol. The van der Waals surface area contributed by atoms with Crippen LogP contribution in [0.15, 0.2) is 53.6 Å². The Bertz CT molecular complexity index is 1160. The maximum Gasteiger partial charge on any atom is 0.186 e. The molecule has 0 unspecified atom stereocenters. The van der Waals surface area contributed by atoms with Gasteiger partial charge in [0.2, 0.25) is 0 Å². The zero-order chi connectivity index (χ0) is 20.6. The van der Waals surface area contributed by atoms with E-state index >= 15 is 0 Å². The molecule has 0 N–H and O–H groups in total. The quantitative estimate of drug-likeness (QED) is 0.509. The molecule has 0 radical (unpaired) electrons. The number of piperidine rings is 1. The Labute approximate surface area is 181 Å². The lowest BCUT2D eigenvalue weighted by Crippen LogP contribution is -2.34. The second-order valence-corrected chi connectivity index (χ2v) is 10.5. The maximum absolute atomic E-state index is 13.4. The minimum atomic E-state index is -3.62. The molecule has 4 rings (SSSR count). The van der Waals surface area contributed by atoms with Gasteiger partial charge < -0.3 is 4.90 Å². The Balaban J connectivity index is 1.84. The molecule has 1 saturated heterocycles. The molecule has 7 heteroatoms. The van der Waals surface area contributed by atoms with Gasteiger partial charge in [-0.3, -0.25) is 4.98 Å². The molecule has 0 aliphatic carbocycles. The molecule has 1 aliphatic rings. The van der Waals surface area contributed by atoms with Crippen LogP contribution in [0.2, 0.25) is 10.0 Å². The number of benzene rings is 2. The van der Waals surface area contributed by atoms with E-state index in [1.54, 1.807) is 36.4 Å². The van der Waals surface area contributed by atoms with Gasteiger partial charge in [-0.15, -0.1) is 0 Å². The topological polar surface area (TPSA) is 50.3 Å². The van der Waals surface area contributed by atoms with Crippen LogP contribution in [-0.4, -0.2) is 26.5 Å². The molecule has 0 bridgehead atoms. The number of pyridine rings is 1. The molecule has 0 amide bonds. The highest BCUT2D eigenvalue weighted by Crippen LogP contribution is 2.37. The van der Waals surface area contributed by atoms with Gasteiger partial charge in [0.25, 0.3) is 0 Å². The van der Waals surface area contributed by atoms with Crippen LogP contribution < -0.4 is 4.90 Å². The van der Waals surface area contributed by atoms with Crippen molar-refractivity contribution in [2.45, 2.75) is 30.4 Å². The van der Waals surface area contributed by atoms with E-state index in [-0.39, 0.29) is 10.6 Å². The van der Waals surface area contributed by atoms with Crippen molar-refractivity contribution in [1.82, 2.24) is 4.98 Å². The van der Waals surface area contributed by atoms with Crippen LogP contribution in [0, 0.1) is 5.92 Å². The van der Waals surface area contributed by atoms with Gasteiger partial charge in [0.15, 0.2) is 9.84 Å². The molecule has 0 atom stereocenters. The van der Waals surface area contributed by atoms with E-state index in [9.17, 15) is 8.42 Å². The van der Waals surface area contributed by atoms with Gasteiger partial charge in [-0.25, -0.2) is 8.42 Å². The van der Waals surface area contributed by atoms with E-state index in [2.05, 4.69) is 16.8 Å². The summed E-state index contributed by atoms with van der Waals surface area (Å²) in [4.78, 5) is 6.87. The average Bonchev–Trinajstić information content (AvgIpc) is 2.67. The highest BCUT2D eigenvalue weighted by atomic mass is 35.5. The molecule has 1 aromatic heterocycles. The zero-order valence-electron chi connectivity index (χ0n) is 16.1. The predicted octanol–water partition coefficient (Wildman–Crippen LogP) is 5.75. The van der Waals surface area contributed by atoms with Crippen LogP contribution >= 0.6 is 23.2 Å². The maximum atomic E-state index is 13.4. The molecular formula is C22H22Cl2N2O2S. The second kappa shape index (κ2) is 8.13. The largest absolute Gasteiger partial charge is 0.370 e. The fraction of sp³-hybridized carbons (Fsp3) is 0.318. The van der Waals surface area contributed by atoms with E-state index in [0.717, 1.165) is 37.0 Å². The van der Waals surface area contributed by atoms with Gasteiger partial charge in [-0.1, -0.05) is 42.3 Å². The molecule has 4 nitrogen and oxygen atoms in total. The van der Waals surface area contributed by atoms with Crippen LogP contribution in [-0.2, 0) is 15.6 Å². The molecule has 29 heavy (non-hydrogen) atoms. The summed E-state index contributed by atoms with van der Waals surface area (Å²) in [6.45, 7) is 3.88. The molecule has 152 valence electrons. The molecule has 1 aliphatic heterocycles. The number of hydrogen-bond acceptors (Lipinski definition) is 4. The highest BCUT2D eigenvalue weighted by molar-refractivity contribution is 7.90. The van der Waals surface area contributed by atoms with Crippen molar-refractivity contribution < 1.29 is 8.42 Å². The van der Waals surface area contributed by atoms with Gasteiger partial charge in [-0.2, -0.15) is 0 Å². The van der Waals surface area contributed by atoms with Gasteiger partial charge in [0.1, 0.15) is 4.90 Å². The van der Waals surface area contributed by atoms with Crippen molar-refractivity contribution in [2.75, 3.05) is 18.0 Å². The summed E-state index contributed by atoms with van der Waals surface area (Å²) in [5, 5.41) is 1.92. The number of sulfone groups is 1. The standard InChI is InChI=1S/C22H22Cl2N2O2S/c1-15-7-9-26(10-8-15)22-19-6-5-18(24)12-20(19)25-13-21(22)29(27,28)14-16-3-2-4-17(23)11-16/h2-6,11-13,15H,7-10,14H2,1H3. The van der Waals surface area contributed by atoms with E-state index in [1.165, 1.54) is 6.20 Å². The van der Waals surface area contributed by atoms with Crippen molar-refractivity contribution in [1.29, 1.82) is 0 Å². The summed E-state index contributed by atoms with van der Waals surface area (Å²) >= 11 is 12.2. The third-order valence-electron chi connectivity index (χ3n) is 5.45. The minimum absolute atomic E-state index is 0.119. The van der Waals surface area contributed by atoms with E-state index in [0.29, 0.717) is 27.0 Å². The summed E-state index contributed by atoms with van der Waals surface area (Å²) in [5.41, 5.74) is 2.10. The fourth-order valence-corrected chi connectivity index (χ4v) is 5.74. The predicted molar refractivity (Wildman–Crippen MR) is 120 cm³/mol. The number of aromatic nitrogens is 1. The number of anilines is 1. The molecule has 0 saturated carbocycles. The first kappa shape index (κ1) is 20.5. The lowest BCUT2D eigenvalue weighted by Gasteiger charge is -2.34. The van der Waals surface area contributed by atoms with Crippen molar-refractivity contribution >= 4 is 49.6 Å². The lowest BCUT2D eigenvalue weighted by atomic mass is 9.98. The number of nitrogens with zero attached hydrogens (tertiary/aromatic N) is 2. The van der Waals surface area contributed by atoms with Crippen molar-refractivity contribution in [3.63, 3.8) is 0 Å². The molecule has 3 aromatic rings. The summed E-state index contributed by atoms with van der Waals surface area (Å²) in [7, 11) is -3.62. The molecular weight excluding hydrogens is 427 g/mol. The third kappa shape index (κ3) is 4.37. The first-order chi connectivity index (χ1) is 13.8. The summed E-state index contributed by atoms with van der Waals surface area (Å²) in [6.07, 6.45) is 3.54. The van der Waals surface area contributed by atoms with E-state index in [1.807, 2.05) is 6.07 Å². The average molecular weight is 449 g/mol. The Kier molecular flexibility index (Phi) is 5.74. The van der Waals surface area contributed by atoms with Crippen LogP contribution in [0.25, 0.3) is 10.9 Å². The van der Waals surface area contributed by atoms with Crippen LogP contribution in [0.4, 0.5) is 5.69 Å². The van der Waals surface area contributed by atoms with Crippen LogP contribution in [0.5, 0.6) is 0 Å². The Morgan fingerprint density at radius 1 is 1.07 bits per heavy atom. The van der Waals surface area contributed by atoms with Crippen molar-refractivity contribution in [2.24, 2.45) is 5.92 Å². The number of halogens is 2. The Hall–Kier alpha value is -1.82. The van der Waals surface area contributed by atoms with Crippen molar-refractivity contribution in [3.8, 4) is 0 Å². The highest BCUT2D eigenvalue weighted by Gasteiger charge is 2.27. The minimum Gasteiger partial charge on any atom is -0.370 e. The first-order valence-electron chi connectivity index (χ1n) is 9.64. The molecule has 0 spiro atoms. The first-order valence-corrected chi connectivity index (χ1v) is 12.0. The summed E-state index contributed by atoms with van der Waals surface area (Å²) in [6, 6.07) is 12.4. The number of hydrogen-bond donors (Lipinski definition) is 0.